The fourth-order valence-electron chi connectivity index (χ4n) is 2.13. The molecule has 1 aliphatic heterocycles. The van der Waals surface area contributed by atoms with E-state index in [4.69, 9.17) is 0 Å². The summed E-state index contributed by atoms with van der Waals surface area (Å²) >= 11 is 1.75. The van der Waals surface area contributed by atoms with Crippen LogP contribution in [0.1, 0.15) is 22.9 Å². The zero-order valence-electron chi connectivity index (χ0n) is 8.31. The molecule has 0 saturated carbocycles. The molecule has 1 aliphatic rings. The average Bonchev–Trinajstić information content (AvgIpc) is 2.82. The molecule has 76 valence electrons. The van der Waals surface area contributed by atoms with E-state index in [1.165, 1.54) is 16.3 Å². The van der Waals surface area contributed by atoms with Crippen LogP contribution in [0.25, 0.3) is 0 Å². The van der Waals surface area contributed by atoms with Gasteiger partial charge in [0.25, 0.3) is 0 Å². The minimum atomic E-state index is 0.488. The van der Waals surface area contributed by atoms with E-state index in [0.29, 0.717) is 5.92 Å². The van der Waals surface area contributed by atoms with Gasteiger partial charge in [0.05, 0.1) is 0 Å². The van der Waals surface area contributed by atoms with Crippen LogP contribution >= 0.6 is 11.3 Å². The van der Waals surface area contributed by atoms with E-state index in [2.05, 4.69) is 39.9 Å². The summed E-state index contributed by atoms with van der Waals surface area (Å²) in [6.07, 6.45) is 3.04. The highest BCUT2D eigenvalue weighted by atomic mass is 32.1. The molecule has 2 heterocycles. The summed E-state index contributed by atoms with van der Waals surface area (Å²) < 4.78 is 0. The number of para-hydroxylation sites is 1. The zero-order valence-corrected chi connectivity index (χ0v) is 9.13. The molecule has 2 aromatic rings. The van der Waals surface area contributed by atoms with Crippen LogP contribution in [0, 0.1) is 0 Å². The van der Waals surface area contributed by atoms with Crippen LogP contribution in [0.5, 0.6) is 0 Å². The van der Waals surface area contributed by atoms with Crippen molar-refractivity contribution in [1.82, 2.24) is 4.98 Å². The Hall–Kier alpha value is -1.35. The molecule has 1 atom stereocenters. The second-order valence-corrected chi connectivity index (χ2v) is 4.65. The molecular formula is C12H12N2S. The first-order valence-electron chi connectivity index (χ1n) is 5.17. The standard InChI is InChI=1S/C12H12N2S/c1-2-4-11-9(3-1)10(5-6-13-11)12-14-7-8-15-12/h1-4,7-8,10,13H,5-6H2. The van der Waals surface area contributed by atoms with E-state index in [1.54, 1.807) is 11.3 Å². The molecule has 1 N–H and O–H groups in total. The van der Waals surface area contributed by atoms with Crippen molar-refractivity contribution in [3.05, 3.63) is 46.4 Å². The molecule has 3 heteroatoms. The Morgan fingerprint density at radius 3 is 3.13 bits per heavy atom. The summed E-state index contributed by atoms with van der Waals surface area (Å²) in [6, 6.07) is 8.53. The predicted octanol–water partition coefficient (Wildman–Crippen LogP) is 3.09. The van der Waals surface area contributed by atoms with Crippen LogP contribution in [0.4, 0.5) is 5.69 Å². The van der Waals surface area contributed by atoms with Crippen molar-refractivity contribution in [3.8, 4) is 0 Å². The molecule has 0 amide bonds. The minimum absolute atomic E-state index is 0.488. The van der Waals surface area contributed by atoms with Crippen LogP contribution in [0.15, 0.2) is 35.8 Å². The predicted molar refractivity (Wildman–Crippen MR) is 63.5 cm³/mol. The number of nitrogens with one attached hydrogen (secondary N) is 1. The van der Waals surface area contributed by atoms with Gasteiger partial charge in [-0.25, -0.2) is 4.98 Å². The lowest BCUT2D eigenvalue weighted by atomic mass is 9.92. The minimum Gasteiger partial charge on any atom is -0.385 e. The Labute approximate surface area is 93.0 Å². The van der Waals surface area contributed by atoms with Crippen molar-refractivity contribution in [3.63, 3.8) is 0 Å². The number of thiazole rings is 1. The quantitative estimate of drug-likeness (QED) is 0.792. The van der Waals surface area contributed by atoms with Crippen molar-refractivity contribution >= 4 is 17.0 Å². The Balaban J connectivity index is 2.06. The van der Waals surface area contributed by atoms with Crippen molar-refractivity contribution in [2.75, 3.05) is 11.9 Å². The van der Waals surface area contributed by atoms with Gasteiger partial charge in [0.2, 0.25) is 0 Å². The maximum atomic E-state index is 4.43. The van der Waals surface area contributed by atoms with Crippen LogP contribution in [0.2, 0.25) is 0 Å². The maximum Gasteiger partial charge on any atom is 0.100 e. The monoisotopic (exact) mass is 216 g/mol. The highest BCUT2D eigenvalue weighted by Gasteiger charge is 2.22. The van der Waals surface area contributed by atoms with Crippen LogP contribution in [-0.4, -0.2) is 11.5 Å². The normalized spacial score (nSPS) is 19.3. The van der Waals surface area contributed by atoms with E-state index < -0.39 is 0 Å². The van der Waals surface area contributed by atoms with E-state index in [9.17, 15) is 0 Å². The molecule has 1 aromatic heterocycles. The Kier molecular flexibility index (Phi) is 2.18. The average molecular weight is 216 g/mol. The van der Waals surface area contributed by atoms with E-state index >= 15 is 0 Å². The molecule has 0 saturated heterocycles. The Morgan fingerprint density at radius 1 is 1.33 bits per heavy atom. The molecular weight excluding hydrogens is 204 g/mol. The summed E-state index contributed by atoms with van der Waals surface area (Å²) in [5, 5.41) is 6.73. The number of rotatable bonds is 1. The molecule has 1 aromatic carbocycles. The largest absolute Gasteiger partial charge is 0.385 e. The molecule has 3 rings (SSSR count). The first kappa shape index (κ1) is 8.92. The molecule has 1 unspecified atom stereocenters. The lowest BCUT2D eigenvalue weighted by Crippen LogP contribution is -2.17. The fourth-order valence-corrected chi connectivity index (χ4v) is 2.92. The van der Waals surface area contributed by atoms with Gasteiger partial charge < -0.3 is 5.32 Å². The van der Waals surface area contributed by atoms with Crippen LogP contribution in [-0.2, 0) is 0 Å². The lowest BCUT2D eigenvalue weighted by molar-refractivity contribution is 0.715. The van der Waals surface area contributed by atoms with Crippen LogP contribution in [0.3, 0.4) is 0 Å². The third kappa shape index (κ3) is 1.53. The number of benzene rings is 1. The molecule has 0 bridgehead atoms. The third-order valence-corrected chi connectivity index (χ3v) is 3.72. The topological polar surface area (TPSA) is 24.9 Å². The summed E-state index contributed by atoms with van der Waals surface area (Å²) in [5.74, 6) is 0.488. The fraction of sp³-hybridized carbons (Fsp3) is 0.250. The van der Waals surface area contributed by atoms with Gasteiger partial charge >= 0.3 is 0 Å². The van der Waals surface area contributed by atoms with Gasteiger partial charge in [0.15, 0.2) is 0 Å². The summed E-state index contributed by atoms with van der Waals surface area (Å²) in [4.78, 5) is 4.43. The highest BCUT2D eigenvalue weighted by Crippen LogP contribution is 2.36. The van der Waals surface area contributed by atoms with Crippen molar-refractivity contribution in [2.45, 2.75) is 12.3 Å². The lowest BCUT2D eigenvalue weighted by Gasteiger charge is -2.25. The van der Waals surface area contributed by atoms with Gasteiger partial charge in [-0.3, -0.25) is 0 Å². The molecule has 0 aliphatic carbocycles. The summed E-state index contributed by atoms with van der Waals surface area (Å²) in [6.45, 7) is 1.04. The van der Waals surface area contributed by atoms with Gasteiger partial charge in [0, 0.05) is 29.7 Å². The van der Waals surface area contributed by atoms with Crippen molar-refractivity contribution in [2.24, 2.45) is 0 Å². The first-order chi connectivity index (χ1) is 7.45. The summed E-state index contributed by atoms with van der Waals surface area (Å²) in [5.41, 5.74) is 2.66. The Bertz CT molecular complexity index is 450. The molecule has 0 radical (unpaired) electrons. The first-order valence-corrected chi connectivity index (χ1v) is 6.05. The maximum absolute atomic E-state index is 4.43. The number of aromatic nitrogens is 1. The highest BCUT2D eigenvalue weighted by molar-refractivity contribution is 7.09. The molecule has 0 fully saturated rings. The van der Waals surface area contributed by atoms with E-state index in [1.807, 2.05) is 6.20 Å². The molecule has 15 heavy (non-hydrogen) atoms. The SMILES string of the molecule is c1ccc2c(c1)NCCC2c1nccs1. The second kappa shape index (κ2) is 3.66. The van der Waals surface area contributed by atoms with E-state index in [0.717, 1.165) is 13.0 Å². The molecule has 0 spiro atoms. The number of fused-ring (bicyclic) bond motifs is 1. The number of hydrogen-bond donors (Lipinski definition) is 1. The van der Waals surface area contributed by atoms with Gasteiger partial charge in [-0.1, -0.05) is 18.2 Å². The smallest absolute Gasteiger partial charge is 0.100 e. The third-order valence-electron chi connectivity index (χ3n) is 2.83. The number of anilines is 1. The van der Waals surface area contributed by atoms with Crippen molar-refractivity contribution in [1.29, 1.82) is 0 Å². The van der Waals surface area contributed by atoms with Gasteiger partial charge in [-0.05, 0) is 18.1 Å². The van der Waals surface area contributed by atoms with E-state index in [-0.39, 0.29) is 0 Å². The van der Waals surface area contributed by atoms with Gasteiger partial charge in [-0.2, -0.15) is 0 Å². The number of nitrogens with zero attached hydrogens (tertiary/aromatic N) is 1. The number of hydrogen-bond acceptors (Lipinski definition) is 3. The Morgan fingerprint density at radius 2 is 2.27 bits per heavy atom. The van der Waals surface area contributed by atoms with Gasteiger partial charge in [-0.15, -0.1) is 11.3 Å². The van der Waals surface area contributed by atoms with Gasteiger partial charge in [0.1, 0.15) is 5.01 Å². The van der Waals surface area contributed by atoms with Crippen LogP contribution < -0.4 is 5.32 Å². The molecule has 2 nitrogen and oxygen atoms in total. The van der Waals surface area contributed by atoms with Crippen molar-refractivity contribution < 1.29 is 0 Å². The second-order valence-electron chi connectivity index (χ2n) is 3.73. The zero-order chi connectivity index (χ0) is 10.1. The summed E-state index contributed by atoms with van der Waals surface area (Å²) in [7, 11) is 0.